The number of hydrogen-bond acceptors (Lipinski definition) is 5. The van der Waals surface area contributed by atoms with Gasteiger partial charge in [-0.15, -0.1) is 11.3 Å². The summed E-state index contributed by atoms with van der Waals surface area (Å²) >= 11 is 6.30. The number of hydrogen-bond donors (Lipinski definition) is 2. The van der Waals surface area contributed by atoms with Crippen molar-refractivity contribution in [2.45, 2.75) is 32.9 Å². The molecule has 1 rings (SSSR count). The predicted octanol–water partition coefficient (Wildman–Crippen LogP) is 2.51. The Labute approximate surface area is 109 Å². The molecule has 5 nitrogen and oxygen atoms in total. The van der Waals surface area contributed by atoms with Crippen LogP contribution >= 0.6 is 23.6 Å². The molecule has 96 valence electrons. The van der Waals surface area contributed by atoms with Crippen LogP contribution in [-0.2, 0) is 11.3 Å². The van der Waals surface area contributed by atoms with Crippen LogP contribution in [0.5, 0.6) is 5.88 Å². The molecule has 1 heterocycles. The van der Waals surface area contributed by atoms with Crippen LogP contribution in [0.2, 0.25) is 0 Å². The lowest BCUT2D eigenvalue weighted by Crippen LogP contribution is -2.34. The van der Waals surface area contributed by atoms with E-state index in [-0.39, 0.29) is 5.88 Å². The first-order valence-electron chi connectivity index (χ1n) is 5.14. The van der Waals surface area contributed by atoms with Gasteiger partial charge in [0.25, 0.3) is 0 Å². The fraction of sp³-hybridized carbons (Fsp3) is 0.600. The summed E-state index contributed by atoms with van der Waals surface area (Å²) in [5, 5.41) is 13.6. The fourth-order valence-electron chi connectivity index (χ4n) is 1.11. The van der Waals surface area contributed by atoms with Crippen molar-refractivity contribution in [2.24, 2.45) is 0 Å². The van der Waals surface area contributed by atoms with Gasteiger partial charge < -0.3 is 15.2 Å². The van der Waals surface area contributed by atoms with Crippen LogP contribution in [0, 0.1) is 3.95 Å². The van der Waals surface area contributed by atoms with E-state index in [1.54, 1.807) is 30.7 Å². The van der Waals surface area contributed by atoms with Gasteiger partial charge >= 0.3 is 6.09 Å². The number of carbonyl (C=O) groups is 1. The molecule has 1 aromatic rings. The largest absolute Gasteiger partial charge is 0.494 e. The van der Waals surface area contributed by atoms with Crippen molar-refractivity contribution >= 4 is 29.6 Å². The van der Waals surface area contributed by atoms with Crippen LogP contribution in [0.3, 0.4) is 0 Å². The SMILES string of the molecule is CC(C)(C)OC(=O)NCCn1c(O)csc1=S. The van der Waals surface area contributed by atoms with Crippen LogP contribution in [0.1, 0.15) is 20.8 Å². The summed E-state index contributed by atoms with van der Waals surface area (Å²) in [6, 6.07) is 0. The number of amides is 1. The lowest BCUT2D eigenvalue weighted by Gasteiger charge is -2.19. The molecule has 0 fully saturated rings. The van der Waals surface area contributed by atoms with Crippen LogP contribution < -0.4 is 5.32 Å². The Bertz CT molecular complexity index is 445. The molecule has 0 saturated carbocycles. The van der Waals surface area contributed by atoms with E-state index in [1.807, 2.05) is 0 Å². The van der Waals surface area contributed by atoms with Crippen LogP contribution in [0.4, 0.5) is 4.79 Å². The molecule has 0 atom stereocenters. The molecule has 7 heteroatoms. The highest BCUT2D eigenvalue weighted by Gasteiger charge is 2.15. The highest BCUT2D eigenvalue weighted by Crippen LogP contribution is 2.16. The van der Waals surface area contributed by atoms with E-state index in [0.29, 0.717) is 17.0 Å². The van der Waals surface area contributed by atoms with Crippen molar-refractivity contribution in [1.29, 1.82) is 0 Å². The lowest BCUT2D eigenvalue weighted by atomic mass is 10.2. The molecule has 0 unspecified atom stereocenters. The maximum Gasteiger partial charge on any atom is 0.407 e. The summed E-state index contributed by atoms with van der Waals surface area (Å²) in [6.45, 7) is 6.18. The molecule has 0 aliphatic rings. The number of ether oxygens (including phenoxy) is 1. The smallest absolute Gasteiger partial charge is 0.407 e. The number of nitrogens with one attached hydrogen (secondary N) is 1. The summed E-state index contributed by atoms with van der Waals surface area (Å²) in [4.78, 5) is 11.3. The molecule has 0 aliphatic heterocycles. The van der Waals surface area contributed by atoms with Crippen molar-refractivity contribution in [1.82, 2.24) is 9.88 Å². The van der Waals surface area contributed by atoms with E-state index >= 15 is 0 Å². The number of thiazole rings is 1. The minimum atomic E-state index is -0.509. The Balaban J connectivity index is 2.39. The molecule has 17 heavy (non-hydrogen) atoms. The van der Waals surface area contributed by atoms with Gasteiger partial charge in [0.1, 0.15) is 5.60 Å². The van der Waals surface area contributed by atoms with Crippen LogP contribution in [0.25, 0.3) is 0 Å². The standard InChI is InChI=1S/C10H16N2O3S2/c1-10(2,3)15-8(14)11-4-5-12-7(13)6-17-9(12)16/h6,13H,4-5H2,1-3H3,(H,11,14). The van der Waals surface area contributed by atoms with E-state index in [1.165, 1.54) is 11.3 Å². The molecule has 0 spiro atoms. The summed E-state index contributed by atoms with van der Waals surface area (Å²) in [5.41, 5.74) is -0.509. The summed E-state index contributed by atoms with van der Waals surface area (Å²) in [6.07, 6.45) is -0.473. The number of aromatic hydroxyl groups is 1. The average molecular weight is 276 g/mol. The Morgan fingerprint density at radius 3 is 2.76 bits per heavy atom. The lowest BCUT2D eigenvalue weighted by molar-refractivity contribution is 0.0525. The van der Waals surface area contributed by atoms with E-state index in [2.05, 4.69) is 5.32 Å². The molecule has 0 bridgehead atoms. The van der Waals surface area contributed by atoms with Crippen molar-refractivity contribution < 1.29 is 14.6 Å². The molecule has 0 radical (unpaired) electrons. The number of nitrogens with zero attached hydrogens (tertiary/aromatic N) is 1. The summed E-state index contributed by atoms with van der Waals surface area (Å²) in [5.74, 6) is 0.117. The van der Waals surface area contributed by atoms with E-state index in [4.69, 9.17) is 17.0 Å². The third-order valence-corrected chi connectivity index (χ3v) is 3.03. The number of alkyl carbamates (subject to hydrolysis) is 1. The quantitative estimate of drug-likeness (QED) is 0.833. The van der Waals surface area contributed by atoms with Crippen molar-refractivity contribution in [2.75, 3.05) is 6.54 Å². The van der Waals surface area contributed by atoms with Crippen molar-refractivity contribution in [3.05, 3.63) is 9.33 Å². The van der Waals surface area contributed by atoms with Gasteiger partial charge in [-0.25, -0.2) is 4.79 Å². The third kappa shape index (κ3) is 4.74. The molecule has 0 aliphatic carbocycles. The van der Waals surface area contributed by atoms with Crippen LogP contribution in [-0.4, -0.2) is 27.9 Å². The molecular weight excluding hydrogens is 260 g/mol. The highest BCUT2D eigenvalue weighted by atomic mass is 32.1. The monoisotopic (exact) mass is 276 g/mol. The average Bonchev–Trinajstić information content (AvgIpc) is 2.46. The number of aromatic nitrogens is 1. The molecule has 0 saturated heterocycles. The molecular formula is C10H16N2O3S2. The van der Waals surface area contributed by atoms with Crippen LogP contribution in [0.15, 0.2) is 5.38 Å². The first-order chi connectivity index (χ1) is 7.79. The number of carbonyl (C=O) groups excluding carboxylic acids is 1. The van der Waals surface area contributed by atoms with Gasteiger partial charge in [0.05, 0.1) is 5.38 Å². The Morgan fingerprint density at radius 2 is 2.29 bits per heavy atom. The van der Waals surface area contributed by atoms with Gasteiger partial charge in [0.2, 0.25) is 5.88 Å². The Hall–Kier alpha value is -1.08. The van der Waals surface area contributed by atoms with Gasteiger partial charge in [-0.1, -0.05) is 0 Å². The fourth-order valence-corrected chi connectivity index (χ4v) is 2.09. The third-order valence-electron chi connectivity index (χ3n) is 1.77. The number of rotatable bonds is 3. The zero-order valence-electron chi connectivity index (χ0n) is 10.0. The molecule has 0 aromatic carbocycles. The van der Waals surface area contributed by atoms with Gasteiger partial charge in [0.15, 0.2) is 3.95 Å². The second kappa shape index (κ2) is 5.50. The second-order valence-corrected chi connectivity index (χ2v) is 5.94. The first-order valence-corrected chi connectivity index (χ1v) is 6.42. The second-order valence-electron chi connectivity index (χ2n) is 4.44. The first kappa shape index (κ1) is 14.0. The van der Waals surface area contributed by atoms with E-state index in [0.717, 1.165) is 0 Å². The van der Waals surface area contributed by atoms with E-state index < -0.39 is 11.7 Å². The Morgan fingerprint density at radius 1 is 1.65 bits per heavy atom. The zero-order valence-corrected chi connectivity index (χ0v) is 11.7. The van der Waals surface area contributed by atoms with Gasteiger partial charge in [-0.3, -0.25) is 4.57 Å². The normalized spacial score (nSPS) is 11.2. The molecule has 1 aromatic heterocycles. The maximum atomic E-state index is 11.3. The summed E-state index contributed by atoms with van der Waals surface area (Å²) < 4.78 is 7.20. The minimum Gasteiger partial charge on any atom is -0.494 e. The highest BCUT2D eigenvalue weighted by molar-refractivity contribution is 7.73. The minimum absolute atomic E-state index is 0.117. The maximum absolute atomic E-state index is 11.3. The van der Waals surface area contributed by atoms with E-state index in [9.17, 15) is 9.90 Å². The summed E-state index contributed by atoms with van der Waals surface area (Å²) in [7, 11) is 0. The topological polar surface area (TPSA) is 63.5 Å². The van der Waals surface area contributed by atoms with Crippen molar-refractivity contribution in [3.8, 4) is 5.88 Å². The predicted molar refractivity (Wildman–Crippen MR) is 69.0 cm³/mol. The van der Waals surface area contributed by atoms with Gasteiger partial charge in [-0.2, -0.15) is 0 Å². The zero-order chi connectivity index (χ0) is 13.1. The molecule has 1 amide bonds. The van der Waals surface area contributed by atoms with Crippen molar-refractivity contribution in [3.63, 3.8) is 0 Å². The van der Waals surface area contributed by atoms with Gasteiger partial charge in [-0.05, 0) is 33.0 Å². The Kier molecular flexibility index (Phi) is 4.53. The molecule has 2 N–H and O–H groups in total. The van der Waals surface area contributed by atoms with Gasteiger partial charge in [0, 0.05) is 13.1 Å².